The smallest absolute Gasteiger partial charge is 0.224 e. The summed E-state index contributed by atoms with van der Waals surface area (Å²) >= 11 is 0. The Labute approximate surface area is 148 Å². The van der Waals surface area contributed by atoms with Gasteiger partial charge in [-0.15, -0.1) is 0 Å². The van der Waals surface area contributed by atoms with Crippen LogP contribution in [0.25, 0.3) is 0 Å². The third-order valence-corrected chi connectivity index (χ3v) is 4.34. The average molecular weight is 340 g/mol. The van der Waals surface area contributed by atoms with E-state index in [9.17, 15) is 9.90 Å². The molecule has 2 N–H and O–H groups in total. The Balaban J connectivity index is 1.45. The lowest BCUT2D eigenvalue weighted by Crippen LogP contribution is -2.47. The first-order valence-electron chi connectivity index (χ1n) is 8.62. The van der Waals surface area contributed by atoms with Crippen LogP contribution in [0.15, 0.2) is 54.6 Å². The maximum Gasteiger partial charge on any atom is 0.224 e. The third kappa shape index (κ3) is 5.31. The quantitative estimate of drug-likeness (QED) is 0.844. The molecule has 1 saturated heterocycles. The number of hydrogen-bond donors (Lipinski definition) is 2. The van der Waals surface area contributed by atoms with Gasteiger partial charge in [0.15, 0.2) is 0 Å². The highest BCUT2D eigenvalue weighted by molar-refractivity contribution is 5.79. The Bertz CT molecular complexity index is 690. The second kappa shape index (κ2) is 8.65. The van der Waals surface area contributed by atoms with Crippen LogP contribution in [0.4, 0.5) is 0 Å². The minimum Gasteiger partial charge on any atom is -0.508 e. The van der Waals surface area contributed by atoms with E-state index in [2.05, 4.69) is 22.3 Å². The van der Waals surface area contributed by atoms with Crippen LogP contribution in [0.1, 0.15) is 11.1 Å². The van der Waals surface area contributed by atoms with Gasteiger partial charge in [-0.1, -0.05) is 48.5 Å². The van der Waals surface area contributed by atoms with Crippen molar-refractivity contribution in [1.82, 2.24) is 10.2 Å². The molecule has 0 bridgehead atoms. The molecule has 2 aromatic rings. The van der Waals surface area contributed by atoms with Crippen LogP contribution in [-0.2, 0) is 22.5 Å². The molecule has 5 heteroatoms. The molecule has 1 fully saturated rings. The number of rotatable bonds is 6. The molecule has 0 unspecified atom stereocenters. The van der Waals surface area contributed by atoms with E-state index < -0.39 is 0 Å². The number of phenols is 1. The number of ether oxygens (including phenoxy) is 1. The molecule has 5 nitrogen and oxygen atoms in total. The fourth-order valence-electron chi connectivity index (χ4n) is 3.01. The van der Waals surface area contributed by atoms with Crippen LogP contribution in [0.2, 0.25) is 0 Å². The number of amides is 1. The van der Waals surface area contributed by atoms with E-state index in [1.165, 1.54) is 5.56 Å². The van der Waals surface area contributed by atoms with E-state index in [-0.39, 0.29) is 24.2 Å². The first-order chi connectivity index (χ1) is 12.2. The zero-order valence-corrected chi connectivity index (χ0v) is 14.2. The Morgan fingerprint density at radius 2 is 1.92 bits per heavy atom. The van der Waals surface area contributed by atoms with Gasteiger partial charge in [0.1, 0.15) is 5.75 Å². The summed E-state index contributed by atoms with van der Waals surface area (Å²) in [6.45, 7) is 3.75. The maximum atomic E-state index is 12.1. The highest BCUT2D eigenvalue weighted by Crippen LogP contribution is 2.16. The SMILES string of the molecule is O=C(Cc1ccccc1O)NC[C@H]1CN(Cc2ccccc2)CCO1. The molecular formula is C20H24N2O3. The number of benzene rings is 2. The van der Waals surface area contributed by atoms with Crippen molar-refractivity contribution in [2.45, 2.75) is 19.1 Å². The molecule has 2 aromatic carbocycles. The summed E-state index contributed by atoms with van der Waals surface area (Å²) in [5.74, 6) is 0.0471. The summed E-state index contributed by atoms with van der Waals surface area (Å²) in [4.78, 5) is 14.4. The van der Waals surface area contributed by atoms with Gasteiger partial charge in [-0.2, -0.15) is 0 Å². The highest BCUT2D eigenvalue weighted by atomic mass is 16.5. The first kappa shape index (κ1) is 17.5. The second-order valence-electron chi connectivity index (χ2n) is 6.32. The molecule has 1 amide bonds. The average Bonchev–Trinajstić information content (AvgIpc) is 2.63. The fourth-order valence-corrected chi connectivity index (χ4v) is 3.01. The van der Waals surface area contributed by atoms with E-state index >= 15 is 0 Å². The van der Waals surface area contributed by atoms with Gasteiger partial charge in [-0.3, -0.25) is 9.69 Å². The van der Waals surface area contributed by atoms with E-state index in [4.69, 9.17) is 4.74 Å². The highest BCUT2D eigenvalue weighted by Gasteiger charge is 2.21. The standard InChI is InChI=1S/C20H24N2O3/c23-19-9-5-4-8-17(19)12-20(24)21-13-18-15-22(10-11-25-18)14-16-6-2-1-3-7-16/h1-9,18,23H,10-15H2,(H,21,24)/t18-/m0/s1. The molecular weight excluding hydrogens is 316 g/mol. The van der Waals surface area contributed by atoms with Crippen molar-refractivity contribution in [1.29, 1.82) is 0 Å². The summed E-state index contributed by atoms with van der Waals surface area (Å²) in [6, 6.07) is 17.3. The van der Waals surface area contributed by atoms with Crippen molar-refractivity contribution in [3.63, 3.8) is 0 Å². The van der Waals surface area contributed by atoms with E-state index in [1.807, 2.05) is 24.3 Å². The Morgan fingerprint density at radius 3 is 2.72 bits per heavy atom. The molecule has 1 heterocycles. The molecule has 0 radical (unpaired) electrons. The monoisotopic (exact) mass is 340 g/mol. The lowest BCUT2D eigenvalue weighted by Gasteiger charge is -2.33. The Morgan fingerprint density at radius 1 is 1.16 bits per heavy atom. The zero-order chi connectivity index (χ0) is 17.5. The predicted octanol–water partition coefficient (Wildman–Crippen LogP) is 1.95. The summed E-state index contributed by atoms with van der Waals surface area (Å²) in [5, 5.41) is 12.7. The Hall–Kier alpha value is -2.37. The van der Waals surface area contributed by atoms with Gasteiger partial charge in [-0.05, 0) is 11.6 Å². The van der Waals surface area contributed by atoms with Crippen LogP contribution < -0.4 is 5.32 Å². The molecule has 3 rings (SSSR count). The van der Waals surface area contributed by atoms with Crippen molar-refractivity contribution in [2.75, 3.05) is 26.2 Å². The number of nitrogens with zero attached hydrogens (tertiary/aromatic N) is 1. The van der Waals surface area contributed by atoms with Crippen molar-refractivity contribution >= 4 is 5.91 Å². The van der Waals surface area contributed by atoms with Crippen LogP contribution in [0, 0.1) is 0 Å². The summed E-state index contributed by atoms with van der Waals surface area (Å²) in [6.07, 6.45) is 0.165. The molecule has 0 aromatic heterocycles. The predicted molar refractivity (Wildman–Crippen MR) is 96.3 cm³/mol. The van der Waals surface area contributed by atoms with Gasteiger partial charge in [0, 0.05) is 31.7 Å². The lowest BCUT2D eigenvalue weighted by atomic mass is 10.1. The number of hydrogen-bond acceptors (Lipinski definition) is 4. The van der Waals surface area contributed by atoms with Crippen LogP contribution in [0.5, 0.6) is 5.75 Å². The van der Waals surface area contributed by atoms with Gasteiger partial charge in [0.05, 0.1) is 19.1 Å². The van der Waals surface area contributed by atoms with E-state index in [1.54, 1.807) is 18.2 Å². The number of carbonyl (C=O) groups is 1. The molecule has 25 heavy (non-hydrogen) atoms. The number of nitrogens with one attached hydrogen (secondary N) is 1. The van der Waals surface area contributed by atoms with Gasteiger partial charge < -0.3 is 15.2 Å². The molecule has 0 aliphatic carbocycles. The van der Waals surface area contributed by atoms with Crippen molar-refractivity contribution < 1.29 is 14.6 Å². The van der Waals surface area contributed by atoms with Gasteiger partial charge >= 0.3 is 0 Å². The van der Waals surface area contributed by atoms with Gasteiger partial charge in [-0.25, -0.2) is 0 Å². The molecule has 1 aliphatic heterocycles. The van der Waals surface area contributed by atoms with Crippen LogP contribution in [-0.4, -0.2) is 48.3 Å². The zero-order valence-electron chi connectivity index (χ0n) is 14.2. The minimum absolute atomic E-state index is 0.00853. The number of phenolic OH excluding ortho intramolecular Hbond substituents is 1. The van der Waals surface area contributed by atoms with Crippen LogP contribution in [0.3, 0.4) is 0 Å². The fraction of sp³-hybridized carbons (Fsp3) is 0.350. The number of carbonyl (C=O) groups excluding carboxylic acids is 1. The van der Waals surface area contributed by atoms with Crippen molar-refractivity contribution in [2.24, 2.45) is 0 Å². The van der Waals surface area contributed by atoms with Crippen molar-refractivity contribution in [3.8, 4) is 5.75 Å². The third-order valence-electron chi connectivity index (χ3n) is 4.34. The van der Waals surface area contributed by atoms with E-state index in [0.717, 1.165) is 19.6 Å². The summed E-state index contributed by atoms with van der Waals surface area (Å²) in [7, 11) is 0. The summed E-state index contributed by atoms with van der Waals surface area (Å²) < 4.78 is 5.76. The van der Waals surface area contributed by atoms with Gasteiger partial charge in [0.2, 0.25) is 5.91 Å². The molecule has 1 aliphatic rings. The van der Waals surface area contributed by atoms with Gasteiger partial charge in [0.25, 0.3) is 0 Å². The molecule has 1 atom stereocenters. The lowest BCUT2D eigenvalue weighted by molar-refractivity contribution is -0.121. The number of morpholine rings is 1. The molecule has 0 saturated carbocycles. The number of para-hydroxylation sites is 1. The normalized spacial score (nSPS) is 18.0. The number of aromatic hydroxyl groups is 1. The summed E-state index contributed by atoms with van der Waals surface area (Å²) in [5.41, 5.74) is 1.92. The Kier molecular flexibility index (Phi) is 6.04. The maximum absolute atomic E-state index is 12.1. The topological polar surface area (TPSA) is 61.8 Å². The van der Waals surface area contributed by atoms with Crippen molar-refractivity contribution in [3.05, 3.63) is 65.7 Å². The van der Waals surface area contributed by atoms with E-state index in [0.29, 0.717) is 18.7 Å². The largest absolute Gasteiger partial charge is 0.508 e. The second-order valence-corrected chi connectivity index (χ2v) is 6.32. The molecule has 0 spiro atoms. The molecule has 132 valence electrons. The minimum atomic E-state index is -0.106. The first-order valence-corrected chi connectivity index (χ1v) is 8.62. The van der Waals surface area contributed by atoms with Crippen LogP contribution >= 0.6 is 0 Å².